The Balaban J connectivity index is 0.000000106. The summed E-state index contributed by atoms with van der Waals surface area (Å²) in [4.78, 5) is 43.3. The molecule has 29 aromatic rings. The van der Waals surface area contributed by atoms with Crippen LogP contribution in [0.4, 0.5) is 0 Å². The first-order valence-electron chi connectivity index (χ1n) is 46.7. The van der Waals surface area contributed by atoms with Gasteiger partial charge >= 0.3 is 0 Å². The first kappa shape index (κ1) is 83.4. The molecule has 29 rings (SSSR count). The van der Waals surface area contributed by atoms with Gasteiger partial charge in [0, 0.05) is 130 Å². The minimum Gasteiger partial charge on any atom is -0.301 e. The summed E-state index contributed by atoms with van der Waals surface area (Å²) in [5.41, 5.74) is 22.6. The van der Waals surface area contributed by atoms with E-state index in [9.17, 15) is 0 Å². The Labute approximate surface area is 832 Å². The van der Waals surface area contributed by atoms with Crippen LogP contribution in [0.15, 0.2) is 455 Å². The summed E-state index contributed by atoms with van der Waals surface area (Å²) in [5, 5.41) is 11.9. The maximum Gasteiger partial charge on any atom is 0.164 e. The van der Waals surface area contributed by atoms with Crippen LogP contribution in [0.1, 0.15) is 0 Å². The molecule has 0 aliphatic rings. The van der Waals surface area contributed by atoms with E-state index in [2.05, 4.69) is 335 Å². The van der Waals surface area contributed by atoms with Crippen molar-refractivity contribution < 1.29 is 0 Å². The second kappa shape index (κ2) is 35.2. The summed E-state index contributed by atoms with van der Waals surface area (Å²) in [6.07, 6.45) is 0. The van der Waals surface area contributed by atoms with Gasteiger partial charge in [-0.2, -0.15) is 0 Å². The van der Waals surface area contributed by atoms with E-state index in [1.54, 1.807) is 0 Å². The highest BCUT2D eigenvalue weighted by Crippen LogP contribution is 2.54. The standard InChI is InChI=1S/C44H27N3S2.C43H26N4S2.C37H22N4S2/c1-4-12-29(13-5-1)36-27-37(30-14-6-2-7-15-30)46-43(45-36)31-22-20-28(21-23-31)32-24-25-38-35(26-32)40-42-41(34-18-10-11-19-39(34)48-42)49-44(40)47(38)33-16-8-3-9-17-33;1-4-12-28(13-5-1)40-44-41(29-14-6-2-7-15-29)46-42(45-40)30-22-20-27(21-23-30)31-24-25-36-34(26-31)38-39(48-36)37-33-18-10-11-19-35(33)47(43(37)49-38)32-16-8-3-9-17-32;1-3-11-23(12-4-1)34-38-35(24-13-5-2-6-14-24)40-36(39-34)25-19-21-26(22-20-25)41-29-17-9-7-15-27(29)31-33-32(43-37(31)41)28-16-8-10-18-30(28)42-33/h1-27H;1-26H;1-22H. The Bertz CT molecular complexity index is 9650. The Kier molecular flexibility index (Phi) is 20.8. The monoisotopic (exact) mass is 1910 g/mol. The van der Waals surface area contributed by atoms with E-state index in [0.29, 0.717) is 40.8 Å². The Morgan fingerprint density at radius 2 is 0.397 bits per heavy atom. The highest BCUT2D eigenvalue weighted by atomic mass is 32.1. The van der Waals surface area contributed by atoms with Gasteiger partial charge in [-0.25, -0.2) is 39.9 Å². The lowest BCUT2D eigenvalue weighted by Gasteiger charge is -2.10. The molecule has 0 spiro atoms. The number of rotatable bonds is 14. The van der Waals surface area contributed by atoms with E-state index >= 15 is 0 Å². The van der Waals surface area contributed by atoms with Gasteiger partial charge in [-0.3, -0.25) is 0 Å². The van der Waals surface area contributed by atoms with Gasteiger partial charge < -0.3 is 13.7 Å². The van der Waals surface area contributed by atoms with Gasteiger partial charge in [0.2, 0.25) is 0 Å². The average molecular weight is 1910 g/mol. The van der Waals surface area contributed by atoms with Gasteiger partial charge in [0.15, 0.2) is 40.8 Å². The van der Waals surface area contributed by atoms with E-state index < -0.39 is 0 Å². The molecule has 17 heteroatoms. The minimum atomic E-state index is 0.657. The molecular formula is C124H75N11S6. The Hall–Kier alpha value is -17.0. The molecule has 0 radical (unpaired) electrons. The number of aromatic nitrogens is 11. The molecule has 17 aromatic carbocycles. The average Bonchev–Trinajstić information content (AvgIpc) is 1.55. The molecule has 0 N–H and O–H groups in total. The summed E-state index contributed by atoms with van der Waals surface area (Å²) in [7, 11) is 0. The van der Waals surface area contributed by atoms with Crippen LogP contribution in [0, 0.1) is 0 Å². The molecule has 0 bridgehead atoms. The third-order valence-electron chi connectivity index (χ3n) is 26.2. The van der Waals surface area contributed by atoms with Crippen molar-refractivity contribution in [3.63, 3.8) is 0 Å². The van der Waals surface area contributed by atoms with Crippen molar-refractivity contribution in [1.29, 1.82) is 0 Å². The van der Waals surface area contributed by atoms with Crippen molar-refractivity contribution in [2.24, 2.45) is 0 Å². The number of fused-ring (bicyclic) bond motifs is 21. The molecule has 0 amide bonds. The third-order valence-corrected chi connectivity index (χ3v) is 33.8. The molecule has 0 aliphatic heterocycles. The maximum absolute atomic E-state index is 5.04. The molecule has 11 nitrogen and oxygen atoms in total. The fourth-order valence-electron chi connectivity index (χ4n) is 19.5. The Morgan fingerprint density at radius 1 is 0.149 bits per heavy atom. The summed E-state index contributed by atoms with van der Waals surface area (Å²) in [6, 6.07) is 159. The predicted molar refractivity (Wildman–Crippen MR) is 597 cm³/mol. The first-order chi connectivity index (χ1) is 69.9. The molecule has 0 saturated heterocycles. The van der Waals surface area contributed by atoms with E-state index in [0.717, 1.165) is 78.3 Å². The zero-order valence-electron chi connectivity index (χ0n) is 75.2. The van der Waals surface area contributed by atoms with Crippen LogP contribution in [0.3, 0.4) is 0 Å². The zero-order valence-corrected chi connectivity index (χ0v) is 80.1. The lowest BCUT2D eigenvalue weighted by atomic mass is 10.0. The van der Waals surface area contributed by atoms with Crippen LogP contribution >= 0.6 is 68.0 Å². The number of hydrogen-bond acceptors (Lipinski definition) is 14. The molecule has 0 aliphatic carbocycles. The SMILES string of the molecule is c1ccc(-c2cc(-c3ccccc3)nc(-c3ccc(-c4ccc5c(c4)c4c6sc7ccccc7c6sc4n5-c4ccccc4)cc3)n2)cc1.c1ccc(-c2nc(-c3ccccc3)nc(-c3ccc(-c4ccc5sc6c(sc7c6c6ccccc6n7-c6ccccc6)c5c4)cc3)n2)cc1.c1ccc(-c2nc(-c3ccccc3)nc(-c3ccc(-n4c5ccccc5c5c6sc7ccccc7c6sc54)cc3)n2)cc1. The van der Waals surface area contributed by atoms with Gasteiger partial charge in [0.25, 0.3) is 0 Å². The van der Waals surface area contributed by atoms with Crippen molar-refractivity contribution in [3.05, 3.63) is 455 Å². The van der Waals surface area contributed by atoms with Gasteiger partial charge in [0.1, 0.15) is 14.5 Å². The van der Waals surface area contributed by atoms with E-state index in [-0.39, 0.29) is 0 Å². The van der Waals surface area contributed by atoms with E-state index in [1.807, 2.05) is 201 Å². The molecule has 0 saturated carbocycles. The second-order valence-electron chi connectivity index (χ2n) is 34.7. The molecular weight excluding hydrogens is 1840 g/mol. The first-order valence-corrected chi connectivity index (χ1v) is 51.6. The van der Waals surface area contributed by atoms with Gasteiger partial charge in [-0.05, 0) is 125 Å². The van der Waals surface area contributed by atoms with Gasteiger partial charge in [0.05, 0.1) is 56.1 Å². The highest BCUT2D eigenvalue weighted by Gasteiger charge is 2.27. The fourth-order valence-corrected chi connectivity index (χ4v) is 27.9. The van der Waals surface area contributed by atoms with Crippen molar-refractivity contribution >= 4 is 190 Å². The van der Waals surface area contributed by atoms with Gasteiger partial charge in [-0.15, -0.1) is 68.0 Å². The number of nitrogens with zero attached hydrogens (tertiary/aromatic N) is 11. The highest BCUT2D eigenvalue weighted by molar-refractivity contribution is 7.38. The van der Waals surface area contributed by atoms with Gasteiger partial charge in [-0.1, -0.05) is 352 Å². The van der Waals surface area contributed by atoms with Crippen molar-refractivity contribution in [1.82, 2.24) is 53.6 Å². The van der Waals surface area contributed by atoms with Crippen LogP contribution in [-0.4, -0.2) is 53.6 Å². The molecule has 141 heavy (non-hydrogen) atoms. The normalized spacial score (nSPS) is 11.7. The largest absolute Gasteiger partial charge is 0.301 e. The van der Waals surface area contributed by atoms with Crippen LogP contribution in [0.2, 0.25) is 0 Å². The summed E-state index contributed by atoms with van der Waals surface area (Å²) < 4.78 is 19.5. The topological polar surface area (TPSA) is 118 Å². The number of hydrogen-bond donors (Lipinski definition) is 0. The number of benzene rings is 17. The maximum atomic E-state index is 5.04. The van der Waals surface area contributed by atoms with Crippen LogP contribution in [-0.2, 0) is 0 Å². The number of thiophene rings is 6. The van der Waals surface area contributed by atoms with Crippen molar-refractivity contribution in [2.45, 2.75) is 0 Å². The third kappa shape index (κ3) is 15.0. The molecule has 0 atom stereocenters. The van der Waals surface area contributed by atoms with E-state index in [1.165, 1.54) is 144 Å². The second-order valence-corrected chi connectivity index (χ2v) is 40.9. The lowest BCUT2D eigenvalue weighted by molar-refractivity contribution is 1.07. The summed E-state index contributed by atoms with van der Waals surface area (Å²) in [5.74, 6) is 4.69. The molecule has 0 unspecified atom stereocenters. The van der Waals surface area contributed by atoms with Crippen LogP contribution in [0.25, 0.3) is 263 Å². The molecule has 12 aromatic heterocycles. The fraction of sp³-hybridized carbons (Fsp3) is 0. The van der Waals surface area contributed by atoms with Crippen LogP contribution < -0.4 is 0 Å². The summed E-state index contributed by atoms with van der Waals surface area (Å²) in [6.45, 7) is 0. The van der Waals surface area contributed by atoms with E-state index in [4.69, 9.17) is 39.9 Å². The van der Waals surface area contributed by atoms with Crippen molar-refractivity contribution in [3.8, 4) is 142 Å². The molecule has 0 fully saturated rings. The Morgan fingerprint density at radius 3 is 0.773 bits per heavy atom. The quantitative estimate of drug-likeness (QED) is 0.106. The minimum absolute atomic E-state index is 0.657. The summed E-state index contributed by atoms with van der Waals surface area (Å²) >= 11 is 11.4. The zero-order chi connectivity index (χ0) is 93.0. The molecule has 662 valence electrons. The smallest absolute Gasteiger partial charge is 0.164 e. The van der Waals surface area contributed by atoms with Crippen LogP contribution in [0.5, 0.6) is 0 Å². The predicted octanol–water partition coefficient (Wildman–Crippen LogP) is 35.1. The molecule has 12 heterocycles. The number of para-hydroxylation sites is 4. The van der Waals surface area contributed by atoms with Crippen molar-refractivity contribution in [2.75, 3.05) is 0 Å². The lowest BCUT2D eigenvalue weighted by Crippen LogP contribution is -2.00.